The first kappa shape index (κ1) is 12.6. The third kappa shape index (κ3) is 2.23. The minimum atomic E-state index is -0.251. The molecule has 2 aromatic heterocycles. The molecule has 18 heavy (non-hydrogen) atoms. The van der Waals surface area contributed by atoms with Crippen molar-refractivity contribution >= 4 is 0 Å². The van der Waals surface area contributed by atoms with Crippen molar-refractivity contribution in [3.05, 3.63) is 47.2 Å². The highest BCUT2D eigenvalue weighted by Gasteiger charge is 2.22. The van der Waals surface area contributed by atoms with Crippen LogP contribution < -0.4 is 16.0 Å². The Balaban J connectivity index is 2.48. The second kappa shape index (κ2) is 5.20. The van der Waals surface area contributed by atoms with Gasteiger partial charge in [-0.05, 0) is 32.0 Å². The van der Waals surface area contributed by atoms with Gasteiger partial charge in [0.25, 0.3) is 0 Å². The van der Waals surface area contributed by atoms with Crippen molar-refractivity contribution in [3.8, 4) is 5.75 Å². The van der Waals surface area contributed by atoms with Gasteiger partial charge in [-0.25, -0.2) is 5.43 Å². The van der Waals surface area contributed by atoms with Crippen LogP contribution in [0.25, 0.3) is 0 Å². The predicted molar refractivity (Wildman–Crippen MR) is 68.1 cm³/mol. The SMILES string of the molecule is COc1cccnc1C(NN)c1cc(C)oc1C. The first-order valence-corrected chi connectivity index (χ1v) is 5.69. The minimum Gasteiger partial charge on any atom is -0.495 e. The number of aryl methyl sites for hydroxylation is 2. The predicted octanol–water partition coefficient (Wildman–Crippen LogP) is 1.85. The van der Waals surface area contributed by atoms with Gasteiger partial charge in [0, 0.05) is 11.8 Å². The van der Waals surface area contributed by atoms with Crippen molar-refractivity contribution in [1.82, 2.24) is 10.4 Å². The average Bonchev–Trinajstić information content (AvgIpc) is 2.70. The summed E-state index contributed by atoms with van der Waals surface area (Å²) >= 11 is 0. The first-order chi connectivity index (χ1) is 8.67. The van der Waals surface area contributed by atoms with Crippen LogP contribution in [0, 0.1) is 13.8 Å². The van der Waals surface area contributed by atoms with Gasteiger partial charge in [-0.2, -0.15) is 0 Å². The van der Waals surface area contributed by atoms with Crippen LogP contribution >= 0.6 is 0 Å². The molecule has 2 rings (SSSR count). The largest absolute Gasteiger partial charge is 0.495 e. The molecule has 2 aromatic rings. The van der Waals surface area contributed by atoms with Crippen LogP contribution in [0.15, 0.2) is 28.8 Å². The molecule has 0 amide bonds. The second-order valence-electron chi connectivity index (χ2n) is 4.06. The first-order valence-electron chi connectivity index (χ1n) is 5.69. The Labute approximate surface area is 106 Å². The summed E-state index contributed by atoms with van der Waals surface area (Å²) in [6, 6.07) is 5.38. The molecule has 0 aliphatic rings. The maximum Gasteiger partial charge on any atom is 0.142 e. The molecule has 0 fully saturated rings. The summed E-state index contributed by atoms with van der Waals surface area (Å²) in [5.74, 6) is 8.01. The van der Waals surface area contributed by atoms with Crippen molar-refractivity contribution in [2.24, 2.45) is 5.84 Å². The van der Waals surface area contributed by atoms with Crippen molar-refractivity contribution in [2.45, 2.75) is 19.9 Å². The average molecular weight is 247 g/mol. The van der Waals surface area contributed by atoms with E-state index in [0.29, 0.717) is 5.75 Å². The lowest BCUT2D eigenvalue weighted by Crippen LogP contribution is -2.30. The Hall–Kier alpha value is -1.85. The molecule has 5 nitrogen and oxygen atoms in total. The van der Waals surface area contributed by atoms with Gasteiger partial charge >= 0.3 is 0 Å². The Morgan fingerprint density at radius 2 is 2.22 bits per heavy atom. The Morgan fingerprint density at radius 3 is 2.78 bits per heavy atom. The smallest absolute Gasteiger partial charge is 0.142 e. The van der Waals surface area contributed by atoms with Crippen molar-refractivity contribution in [2.75, 3.05) is 7.11 Å². The van der Waals surface area contributed by atoms with Gasteiger partial charge in [0.2, 0.25) is 0 Å². The molecule has 1 unspecified atom stereocenters. The zero-order valence-corrected chi connectivity index (χ0v) is 10.7. The molecular weight excluding hydrogens is 230 g/mol. The fraction of sp³-hybridized carbons (Fsp3) is 0.308. The topological polar surface area (TPSA) is 73.3 Å². The molecule has 0 radical (unpaired) electrons. The quantitative estimate of drug-likeness (QED) is 0.637. The van der Waals surface area contributed by atoms with Gasteiger partial charge < -0.3 is 9.15 Å². The van der Waals surface area contributed by atoms with E-state index in [9.17, 15) is 0 Å². The summed E-state index contributed by atoms with van der Waals surface area (Å²) < 4.78 is 10.8. The molecule has 0 bridgehead atoms. The second-order valence-corrected chi connectivity index (χ2v) is 4.06. The zero-order chi connectivity index (χ0) is 13.1. The lowest BCUT2D eigenvalue weighted by molar-refractivity contribution is 0.399. The van der Waals surface area contributed by atoms with E-state index in [1.165, 1.54) is 0 Å². The van der Waals surface area contributed by atoms with Crippen LogP contribution in [0.2, 0.25) is 0 Å². The zero-order valence-electron chi connectivity index (χ0n) is 10.7. The monoisotopic (exact) mass is 247 g/mol. The van der Waals surface area contributed by atoms with E-state index < -0.39 is 0 Å². The number of hydrazine groups is 1. The number of ether oxygens (including phenoxy) is 1. The fourth-order valence-electron chi connectivity index (χ4n) is 2.05. The molecule has 1 atom stereocenters. The van der Waals surface area contributed by atoms with Crippen LogP contribution in [0.4, 0.5) is 0 Å². The molecule has 0 saturated carbocycles. The third-order valence-corrected chi connectivity index (χ3v) is 2.85. The number of nitrogens with one attached hydrogen (secondary N) is 1. The molecule has 96 valence electrons. The normalized spacial score (nSPS) is 12.4. The summed E-state index contributed by atoms with van der Waals surface area (Å²) in [5, 5.41) is 0. The number of furan rings is 1. The van der Waals surface area contributed by atoms with Crippen molar-refractivity contribution in [1.29, 1.82) is 0 Å². The van der Waals surface area contributed by atoms with E-state index in [1.54, 1.807) is 13.3 Å². The number of hydrogen-bond acceptors (Lipinski definition) is 5. The number of methoxy groups -OCH3 is 1. The highest BCUT2D eigenvalue weighted by Crippen LogP contribution is 2.30. The maximum absolute atomic E-state index is 5.65. The van der Waals surface area contributed by atoms with E-state index in [0.717, 1.165) is 22.8 Å². The summed E-state index contributed by atoms with van der Waals surface area (Å²) in [5.41, 5.74) is 4.47. The summed E-state index contributed by atoms with van der Waals surface area (Å²) in [6.07, 6.45) is 1.71. The van der Waals surface area contributed by atoms with Crippen LogP contribution in [-0.2, 0) is 0 Å². The number of hydrogen-bond donors (Lipinski definition) is 2. The lowest BCUT2D eigenvalue weighted by Gasteiger charge is -2.17. The Morgan fingerprint density at radius 1 is 1.44 bits per heavy atom. The lowest BCUT2D eigenvalue weighted by atomic mass is 10.0. The van der Waals surface area contributed by atoms with Crippen LogP contribution in [-0.4, -0.2) is 12.1 Å². The highest BCUT2D eigenvalue weighted by molar-refractivity contribution is 5.38. The summed E-state index contributed by atoms with van der Waals surface area (Å²) in [7, 11) is 1.61. The number of pyridine rings is 1. The van der Waals surface area contributed by atoms with Crippen molar-refractivity contribution < 1.29 is 9.15 Å². The maximum atomic E-state index is 5.65. The molecular formula is C13H17N3O2. The van der Waals surface area contributed by atoms with E-state index in [-0.39, 0.29) is 6.04 Å². The molecule has 0 aliphatic heterocycles. The third-order valence-electron chi connectivity index (χ3n) is 2.85. The highest BCUT2D eigenvalue weighted by atomic mass is 16.5. The molecule has 3 N–H and O–H groups in total. The molecule has 2 heterocycles. The van der Waals surface area contributed by atoms with E-state index in [4.69, 9.17) is 15.0 Å². The van der Waals surface area contributed by atoms with Crippen LogP contribution in [0.5, 0.6) is 5.75 Å². The number of nitrogens with zero attached hydrogens (tertiary/aromatic N) is 1. The Bertz CT molecular complexity index is 537. The fourth-order valence-corrected chi connectivity index (χ4v) is 2.05. The summed E-state index contributed by atoms with van der Waals surface area (Å²) in [6.45, 7) is 3.81. The standard InChI is InChI=1S/C13H17N3O2/c1-8-7-10(9(2)18-8)12(16-14)13-11(17-3)5-4-6-15-13/h4-7,12,16H,14H2,1-3H3. The van der Waals surface area contributed by atoms with E-state index in [1.807, 2.05) is 32.0 Å². The number of aromatic nitrogens is 1. The molecule has 0 saturated heterocycles. The number of nitrogens with two attached hydrogens (primary N) is 1. The van der Waals surface area contributed by atoms with Gasteiger partial charge in [0.05, 0.1) is 13.2 Å². The molecule has 0 aromatic carbocycles. The van der Waals surface area contributed by atoms with E-state index >= 15 is 0 Å². The van der Waals surface area contributed by atoms with Gasteiger partial charge in [0.1, 0.15) is 23.0 Å². The Kier molecular flexibility index (Phi) is 3.64. The van der Waals surface area contributed by atoms with Crippen LogP contribution in [0.1, 0.15) is 28.8 Å². The molecule has 0 spiro atoms. The van der Waals surface area contributed by atoms with E-state index in [2.05, 4.69) is 10.4 Å². The minimum absolute atomic E-state index is 0.251. The summed E-state index contributed by atoms with van der Waals surface area (Å²) in [4.78, 5) is 4.34. The van der Waals surface area contributed by atoms with Gasteiger partial charge in [0.15, 0.2) is 0 Å². The van der Waals surface area contributed by atoms with Gasteiger partial charge in [-0.1, -0.05) is 0 Å². The van der Waals surface area contributed by atoms with Gasteiger partial charge in [-0.15, -0.1) is 0 Å². The number of rotatable bonds is 4. The molecule has 0 aliphatic carbocycles. The van der Waals surface area contributed by atoms with Crippen LogP contribution in [0.3, 0.4) is 0 Å². The van der Waals surface area contributed by atoms with Gasteiger partial charge in [-0.3, -0.25) is 10.8 Å². The molecule has 5 heteroatoms. The van der Waals surface area contributed by atoms with Crippen molar-refractivity contribution in [3.63, 3.8) is 0 Å².